The first kappa shape index (κ1) is 9.69. The van der Waals surface area contributed by atoms with Crippen LogP contribution in [0.1, 0.15) is 18.4 Å². The molecule has 0 aliphatic carbocycles. The lowest BCUT2D eigenvalue weighted by Gasteiger charge is -2.42. The van der Waals surface area contributed by atoms with Gasteiger partial charge in [0.2, 0.25) is 0 Å². The van der Waals surface area contributed by atoms with E-state index in [1.165, 1.54) is 5.56 Å². The average molecular weight is 191 g/mol. The number of hydrogen-bond donors (Lipinski definition) is 1. The highest BCUT2D eigenvalue weighted by Crippen LogP contribution is 2.36. The highest BCUT2D eigenvalue weighted by molar-refractivity contribution is 5.27. The standard InChI is InChI=1S/C12H17NO/c13-8-4-7-12(9-14-10-12)11-5-2-1-3-6-11/h1-3,5-6H,4,7-10,13H2. The zero-order valence-electron chi connectivity index (χ0n) is 8.41. The summed E-state index contributed by atoms with van der Waals surface area (Å²) in [6, 6.07) is 10.6. The average Bonchev–Trinajstić information content (AvgIpc) is 2.18. The van der Waals surface area contributed by atoms with Crippen LogP contribution in [0, 0.1) is 0 Å². The monoisotopic (exact) mass is 191 g/mol. The van der Waals surface area contributed by atoms with Crippen LogP contribution in [0.3, 0.4) is 0 Å². The summed E-state index contributed by atoms with van der Waals surface area (Å²) < 4.78 is 5.35. The molecule has 0 unspecified atom stereocenters. The van der Waals surface area contributed by atoms with Crippen molar-refractivity contribution in [3.05, 3.63) is 35.9 Å². The molecule has 1 aliphatic rings. The highest BCUT2D eigenvalue weighted by atomic mass is 16.5. The highest BCUT2D eigenvalue weighted by Gasteiger charge is 2.39. The molecule has 0 aromatic heterocycles. The number of nitrogens with two attached hydrogens (primary N) is 1. The zero-order chi connectivity index (χ0) is 9.86. The molecule has 1 fully saturated rings. The first-order valence-corrected chi connectivity index (χ1v) is 5.21. The molecular weight excluding hydrogens is 174 g/mol. The molecule has 0 amide bonds. The van der Waals surface area contributed by atoms with Gasteiger partial charge < -0.3 is 10.5 Å². The Morgan fingerprint density at radius 1 is 1.21 bits per heavy atom. The minimum atomic E-state index is 0.265. The maximum absolute atomic E-state index is 5.55. The Labute approximate surface area is 85.1 Å². The molecule has 0 radical (unpaired) electrons. The van der Waals surface area contributed by atoms with Crippen LogP contribution < -0.4 is 5.73 Å². The van der Waals surface area contributed by atoms with Crippen LogP contribution in [-0.2, 0) is 10.2 Å². The lowest BCUT2D eigenvalue weighted by molar-refractivity contribution is -0.0649. The molecule has 2 nitrogen and oxygen atoms in total. The lowest BCUT2D eigenvalue weighted by Crippen LogP contribution is -2.46. The summed E-state index contributed by atoms with van der Waals surface area (Å²) in [5, 5.41) is 0. The van der Waals surface area contributed by atoms with E-state index in [0.717, 1.165) is 32.6 Å². The predicted octanol–water partition coefficient (Wildman–Crippen LogP) is 1.69. The second-order valence-electron chi connectivity index (χ2n) is 4.03. The van der Waals surface area contributed by atoms with Crippen LogP contribution >= 0.6 is 0 Å². The number of ether oxygens (including phenoxy) is 1. The molecule has 0 saturated carbocycles. The summed E-state index contributed by atoms with van der Waals surface area (Å²) >= 11 is 0. The van der Waals surface area contributed by atoms with Crippen LogP contribution in [0.25, 0.3) is 0 Å². The van der Waals surface area contributed by atoms with Crippen molar-refractivity contribution in [3.63, 3.8) is 0 Å². The van der Waals surface area contributed by atoms with Gasteiger partial charge in [0.25, 0.3) is 0 Å². The van der Waals surface area contributed by atoms with Gasteiger partial charge in [-0.05, 0) is 24.9 Å². The van der Waals surface area contributed by atoms with Crippen LogP contribution in [0.2, 0.25) is 0 Å². The van der Waals surface area contributed by atoms with Gasteiger partial charge in [-0.1, -0.05) is 30.3 Å². The number of benzene rings is 1. The van der Waals surface area contributed by atoms with Crippen molar-refractivity contribution in [1.29, 1.82) is 0 Å². The zero-order valence-corrected chi connectivity index (χ0v) is 8.41. The molecule has 76 valence electrons. The molecule has 1 aliphatic heterocycles. The van der Waals surface area contributed by atoms with Crippen molar-refractivity contribution in [2.75, 3.05) is 19.8 Å². The van der Waals surface area contributed by atoms with E-state index in [9.17, 15) is 0 Å². The van der Waals surface area contributed by atoms with E-state index >= 15 is 0 Å². The Hall–Kier alpha value is -0.860. The van der Waals surface area contributed by atoms with E-state index in [1.807, 2.05) is 0 Å². The van der Waals surface area contributed by atoms with Crippen LogP contribution in [0.5, 0.6) is 0 Å². The van der Waals surface area contributed by atoms with Gasteiger partial charge in [0.05, 0.1) is 13.2 Å². The fraction of sp³-hybridized carbons (Fsp3) is 0.500. The van der Waals surface area contributed by atoms with E-state index < -0.39 is 0 Å². The molecule has 2 rings (SSSR count). The summed E-state index contributed by atoms with van der Waals surface area (Å²) in [6.07, 6.45) is 2.23. The molecule has 0 atom stereocenters. The van der Waals surface area contributed by atoms with Crippen LogP contribution in [-0.4, -0.2) is 19.8 Å². The fourth-order valence-electron chi connectivity index (χ4n) is 2.04. The molecule has 1 aromatic rings. The van der Waals surface area contributed by atoms with E-state index in [1.54, 1.807) is 0 Å². The molecule has 2 N–H and O–H groups in total. The molecule has 1 saturated heterocycles. The van der Waals surface area contributed by atoms with Gasteiger partial charge in [-0.2, -0.15) is 0 Å². The molecule has 2 heteroatoms. The molecule has 1 heterocycles. The van der Waals surface area contributed by atoms with Gasteiger partial charge in [0, 0.05) is 5.41 Å². The smallest absolute Gasteiger partial charge is 0.0585 e. The Morgan fingerprint density at radius 3 is 2.43 bits per heavy atom. The lowest BCUT2D eigenvalue weighted by atomic mass is 9.75. The van der Waals surface area contributed by atoms with E-state index in [4.69, 9.17) is 10.5 Å². The number of hydrogen-bond acceptors (Lipinski definition) is 2. The van der Waals surface area contributed by atoms with Crippen molar-refractivity contribution in [3.8, 4) is 0 Å². The molecular formula is C12H17NO. The van der Waals surface area contributed by atoms with Gasteiger partial charge in [0.15, 0.2) is 0 Å². The second kappa shape index (κ2) is 4.11. The molecule has 14 heavy (non-hydrogen) atoms. The topological polar surface area (TPSA) is 35.2 Å². The maximum Gasteiger partial charge on any atom is 0.0585 e. The number of rotatable bonds is 4. The third-order valence-electron chi connectivity index (χ3n) is 3.00. The SMILES string of the molecule is NCCCC1(c2ccccc2)COC1. The largest absolute Gasteiger partial charge is 0.379 e. The minimum absolute atomic E-state index is 0.265. The summed E-state index contributed by atoms with van der Waals surface area (Å²) in [5.41, 5.74) is 7.22. The Balaban J connectivity index is 2.12. The summed E-state index contributed by atoms with van der Waals surface area (Å²) in [5.74, 6) is 0. The molecule has 0 spiro atoms. The van der Waals surface area contributed by atoms with Crippen molar-refractivity contribution in [2.45, 2.75) is 18.3 Å². The van der Waals surface area contributed by atoms with Crippen molar-refractivity contribution < 1.29 is 4.74 Å². The predicted molar refractivity (Wildman–Crippen MR) is 57.2 cm³/mol. The summed E-state index contributed by atoms with van der Waals surface area (Å²) in [7, 11) is 0. The van der Waals surface area contributed by atoms with E-state index in [2.05, 4.69) is 30.3 Å². The third kappa shape index (κ3) is 1.68. The van der Waals surface area contributed by atoms with Crippen molar-refractivity contribution in [1.82, 2.24) is 0 Å². The fourth-order valence-corrected chi connectivity index (χ4v) is 2.04. The van der Waals surface area contributed by atoms with Gasteiger partial charge in [0.1, 0.15) is 0 Å². The van der Waals surface area contributed by atoms with E-state index in [0.29, 0.717) is 0 Å². The Bertz CT molecular complexity index is 280. The molecule has 0 bridgehead atoms. The summed E-state index contributed by atoms with van der Waals surface area (Å²) in [6.45, 7) is 2.49. The van der Waals surface area contributed by atoms with Gasteiger partial charge >= 0.3 is 0 Å². The van der Waals surface area contributed by atoms with Crippen LogP contribution in [0.15, 0.2) is 30.3 Å². The summed E-state index contributed by atoms with van der Waals surface area (Å²) in [4.78, 5) is 0. The first-order chi connectivity index (χ1) is 6.87. The Kier molecular flexibility index (Phi) is 2.85. The van der Waals surface area contributed by atoms with Crippen molar-refractivity contribution in [2.24, 2.45) is 5.73 Å². The van der Waals surface area contributed by atoms with Crippen LogP contribution in [0.4, 0.5) is 0 Å². The van der Waals surface area contributed by atoms with Gasteiger partial charge in [-0.3, -0.25) is 0 Å². The Morgan fingerprint density at radius 2 is 1.93 bits per heavy atom. The van der Waals surface area contributed by atoms with Gasteiger partial charge in [-0.25, -0.2) is 0 Å². The second-order valence-corrected chi connectivity index (χ2v) is 4.03. The molecule has 1 aromatic carbocycles. The van der Waals surface area contributed by atoms with Gasteiger partial charge in [-0.15, -0.1) is 0 Å². The van der Waals surface area contributed by atoms with E-state index in [-0.39, 0.29) is 5.41 Å². The first-order valence-electron chi connectivity index (χ1n) is 5.21. The maximum atomic E-state index is 5.55. The quantitative estimate of drug-likeness (QED) is 0.786. The normalized spacial score (nSPS) is 18.9. The minimum Gasteiger partial charge on any atom is -0.379 e. The van der Waals surface area contributed by atoms with Crippen molar-refractivity contribution >= 4 is 0 Å². The third-order valence-corrected chi connectivity index (χ3v) is 3.00.